The minimum absolute atomic E-state index is 0.0112. The second-order valence-corrected chi connectivity index (χ2v) is 9.37. The molecule has 8 nitrogen and oxygen atoms in total. The summed E-state index contributed by atoms with van der Waals surface area (Å²) in [6, 6.07) is 17.8. The summed E-state index contributed by atoms with van der Waals surface area (Å²) in [6.45, 7) is 0.0719. The van der Waals surface area contributed by atoms with Crippen molar-refractivity contribution in [1.29, 1.82) is 5.26 Å². The number of amides is 2. The first-order valence-corrected chi connectivity index (χ1v) is 11.9. The molecule has 1 aliphatic heterocycles. The maximum absolute atomic E-state index is 12.9. The molecular weight excluding hydrogens is 525 g/mol. The monoisotopic (exact) mass is 539 g/mol. The number of imide groups is 1. The molecule has 0 bridgehead atoms. The third-order valence-electron chi connectivity index (χ3n) is 5.19. The highest BCUT2D eigenvalue weighted by Gasteiger charge is 2.35. The minimum Gasteiger partial charge on any atom is -0.486 e. The standard InChI is InChI=1S/C25H15Cl2N3O5S/c26-20-9-16(10-21(27)23(20)35-14-15-5-7-19(8-6-15)30(33)34)11-22-24(31)29(25(32)36-22)13-18-4-2-1-3-17(18)12-28/h1-11H,13-14H2/b22-11+. The number of nitriles is 1. The Morgan fingerprint density at radius 3 is 2.39 bits per heavy atom. The van der Waals surface area contributed by atoms with Crippen molar-refractivity contribution in [2.75, 3.05) is 0 Å². The van der Waals surface area contributed by atoms with Crippen molar-refractivity contribution in [3.63, 3.8) is 0 Å². The molecule has 4 rings (SSSR count). The fourth-order valence-corrected chi connectivity index (χ4v) is 4.85. The molecule has 1 fully saturated rings. The lowest BCUT2D eigenvalue weighted by Gasteiger charge is -2.13. The number of non-ortho nitro benzene ring substituents is 1. The first kappa shape index (κ1) is 25.3. The lowest BCUT2D eigenvalue weighted by molar-refractivity contribution is -0.384. The van der Waals surface area contributed by atoms with Gasteiger partial charge in [0.05, 0.1) is 38.1 Å². The number of nitro groups is 1. The molecule has 1 saturated heterocycles. The Kier molecular flexibility index (Phi) is 7.60. The van der Waals surface area contributed by atoms with Crippen molar-refractivity contribution in [3.8, 4) is 11.8 Å². The number of nitro benzene ring substituents is 1. The van der Waals surface area contributed by atoms with Crippen molar-refractivity contribution >= 4 is 57.9 Å². The number of halogens is 2. The maximum atomic E-state index is 12.9. The molecule has 11 heteroatoms. The van der Waals surface area contributed by atoms with Gasteiger partial charge in [0.25, 0.3) is 16.8 Å². The van der Waals surface area contributed by atoms with Crippen LogP contribution >= 0.6 is 35.0 Å². The van der Waals surface area contributed by atoms with Crippen LogP contribution in [0.25, 0.3) is 6.08 Å². The number of nitrogens with zero attached hydrogens (tertiary/aromatic N) is 3. The van der Waals surface area contributed by atoms with E-state index in [2.05, 4.69) is 6.07 Å². The Morgan fingerprint density at radius 2 is 1.75 bits per heavy atom. The van der Waals surface area contributed by atoms with E-state index in [9.17, 15) is 25.0 Å². The fraction of sp³-hybridized carbons (Fsp3) is 0.0800. The van der Waals surface area contributed by atoms with E-state index in [-0.39, 0.29) is 39.5 Å². The average Bonchev–Trinajstić information content (AvgIpc) is 3.11. The molecule has 0 unspecified atom stereocenters. The molecule has 180 valence electrons. The van der Waals surface area contributed by atoms with Crippen LogP contribution in [-0.4, -0.2) is 21.0 Å². The zero-order chi connectivity index (χ0) is 25.8. The molecular formula is C25H15Cl2N3O5S. The molecule has 36 heavy (non-hydrogen) atoms. The molecule has 0 radical (unpaired) electrons. The predicted molar refractivity (Wildman–Crippen MR) is 137 cm³/mol. The Hall–Kier alpha value is -3.84. The number of benzene rings is 3. The molecule has 0 aromatic heterocycles. The number of rotatable bonds is 7. The smallest absolute Gasteiger partial charge is 0.293 e. The highest BCUT2D eigenvalue weighted by Crippen LogP contribution is 2.38. The second kappa shape index (κ2) is 10.8. The molecule has 0 aliphatic carbocycles. The zero-order valence-corrected chi connectivity index (χ0v) is 20.6. The fourth-order valence-electron chi connectivity index (χ4n) is 3.40. The Labute approximate surface area is 219 Å². The van der Waals surface area contributed by atoms with Gasteiger partial charge < -0.3 is 4.74 Å². The van der Waals surface area contributed by atoms with E-state index in [1.165, 1.54) is 18.2 Å². The largest absolute Gasteiger partial charge is 0.486 e. The van der Waals surface area contributed by atoms with E-state index in [1.54, 1.807) is 48.5 Å². The third-order valence-corrected chi connectivity index (χ3v) is 6.66. The van der Waals surface area contributed by atoms with Crippen LogP contribution in [0.3, 0.4) is 0 Å². The summed E-state index contributed by atoms with van der Waals surface area (Å²) in [5, 5.41) is 20.0. The lowest BCUT2D eigenvalue weighted by Crippen LogP contribution is -2.27. The second-order valence-electron chi connectivity index (χ2n) is 7.56. The number of carbonyl (C=O) groups is 2. The van der Waals surface area contributed by atoms with Crippen LogP contribution in [0.15, 0.2) is 65.6 Å². The molecule has 0 saturated carbocycles. The lowest BCUT2D eigenvalue weighted by atomic mass is 10.1. The first-order chi connectivity index (χ1) is 17.3. The van der Waals surface area contributed by atoms with Gasteiger partial charge in [-0.2, -0.15) is 5.26 Å². The van der Waals surface area contributed by atoms with Crippen molar-refractivity contribution in [1.82, 2.24) is 4.90 Å². The number of carbonyl (C=O) groups excluding carboxylic acids is 2. The number of thioether (sulfide) groups is 1. The number of hydrogen-bond donors (Lipinski definition) is 0. The molecule has 1 heterocycles. The summed E-state index contributed by atoms with van der Waals surface area (Å²) in [5.74, 6) is -0.265. The highest BCUT2D eigenvalue weighted by molar-refractivity contribution is 8.18. The SMILES string of the molecule is N#Cc1ccccc1CN1C(=O)S/C(=C/c2cc(Cl)c(OCc3ccc([N+](=O)[O-])cc3)c(Cl)c2)C1=O. The normalized spacial score (nSPS) is 14.2. The van der Waals surface area contributed by atoms with Crippen LogP contribution in [0.2, 0.25) is 10.0 Å². The van der Waals surface area contributed by atoms with E-state index in [0.717, 1.165) is 16.7 Å². The summed E-state index contributed by atoms with van der Waals surface area (Å²) in [4.78, 5) is 36.9. The van der Waals surface area contributed by atoms with E-state index in [1.807, 2.05) is 0 Å². The predicted octanol–water partition coefficient (Wildman–Crippen LogP) is 6.59. The van der Waals surface area contributed by atoms with Crippen molar-refractivity contribution in [3.05, 3.63) is 108 Å². The van der Waals surface area contributed by atoms with Crippen LogP contribution in [0.5, 0.6) is 5.75 Å². The summed E-state index contributed by atoms with van der Waals surface area (Å²) in [5.41, 5.74) is 2.12. The Balaban J connectivity index is 1.49. The summed E-state index contributed by atoms with van der Waals surface area (Å²) < 4.78 is 5.71. The number of hydrogen-bond acceptors (Lipinski definition) is 7. The van der Waals surface area contributed by atoms with E-state index in [0.29, 0.717) is 22.3 Å². The van der Waals surface area contributed by atoms with Crippen molar-refractivity contribution in [2.45, 2.75) is 13.2 Å². The van der Waals surface area contributed by atoms with Gasteiger partial charge in [0, 0.05) is 12.1 Å². The molecule has 0 atom stereocenters. The number of ether oxygens (including phenoxy) is 1. The van der Waals surface area contributed by atoms with Crippen LogP contribution in [-0.2, 0) is 17.9 Å². The van der Waals surface area contributed by atoms with Gasteiger partial charge >= 0.3 is 0 Å². The van der Waals surface area contributed by atoms with Crippen LogP contribution < -0.4 is 4.74 Å². The van der Waals surface area contributed by atoms with Gasteiger partial charge in [-0.15, -0.1) is 0 Å². The molecule has 2 amide bonds. The van der Waals surface area contributed by atoms with E-state index >= 15 is 0 Å². The highest BCUT2D eigenvalue weighted by atomic mass is 35.5. The topological polar surface area (TPSA) is 114 Å². The first-order valence-electron chi connectivity index (χ1n) is 10.4. The van der Waals surface area contributed by atoms with Gasteiger partial charge in [0.15, 0.2) is 5.75 Å². The van der Waals surface area contributed by atoms with Crippen LogP contribution in [0.4, 0.5) is 10.5 Å². The molecule has 3 aromatic rings. The quantitative estimate of drug-likeness (QED) is 0.189. The van der Waals surface area contributed by atoms with Gasteiger partial charge in [0.1, 0.15) is 6.61 Å². The summed E-state index contributed by atoms with van der Waals surface area (Å²) in [6.07, 6.45) is 1.51. The van der Waals surface area contributed by atoms with Crippen LogP contribution in [0, 0.1) is 21.4 Å². The van der Waals surface area contributed by atoms with E-state index in [4.69, 9.17) is 27.9 Å². The zero-order valence-electron chi connectivity index (χ0n) is 18.3. The maximum Gasteiger partial charge on any atom is 0.293 e. The van der Waals surface area contributed by atoms with Gasteiger partial charge in [-0.3, -0.25) is 24.6 Å². The molecule has 3 aromatic carbocycles. The van der Waals surface area contributed by atoms with Crippen molar-refractivity contribution < 1.29 is 19.2 Å². The van der Waals surface area contributed by atoms with Gasteiger partial charge in [0.2, 0.25) is 0 Å². The third kappa shape index (κ3) is 5.52. The van der Waals surface area contributed by atoms with Crippen LogP contribution in [0.1, 0.15) is 22.3 Å². The Bertz CT molecular complexity index is 1430. The van der Waals surface area contributed by atoms with Gasteiger partial charge in [-0.25, -0.2) is 0 Å². The van der Waals surface area contributed by atoms with E-state index < -0.39 is 16.1 Å². The molecule has 0 N–H and O–H groups in total. The minimum atomic E-state index is -0.489. The average molecular weight is 540 g/mol. The van der Waals surface area contributed by atoms with Gasteiger partial charge in [-0.1, -0.05) is 41.4 Å². The summed E-state index contributed by atoms with van der Waals surface area (Å²) in [7, 11) is 0. The van der Waals surface area contributed by atoms with Crippen molar-refractivity contribution in [2.24, 2.45) is 0 Å². The van der Waals surface area contributed by atoms with Gasteiger partial charge in [-0.05, 0) is 64.9 Å². The molecule has 0 spiro atoms. The molecule has 1 aliphatic rings. The summed E-state index contributed by atoms with van der Waals surface area (Å²) >= 11 is 13.5. The Morgan fingerprint density at radius 1 is 1.08 bits per heavy atom.